The summed E-state index contributed by atoms with van der Waals surface area (Å²) in [6.45, 7) is 0.908. The van der Waals surface area contributed by atoms with Crippen LogP contribution in [0.3, 0.4) is 0 Å². The lowest BCUT2D eigenvalue weighted by molar-refractivity contribution is -0.118. The van der Waals surface area contributed by atoms with Gasteiger partial charge in [-0.25, -0.2) is 0 Å². The van der Waals surface area contributed by atoms with Gasteiger partial charge in [-0.15, -0.1) is 24.2 Å². The summed E-state index contributed by atoms with van der Waals surface area (Å²) in [7, 11) is 0. The molecule has 0 saturated carbocycles. The third kappa shape index (κ3) is 6.64. The van der Waals surface area contributed by atoms with E-state index in [1.807, 2.05) is 18.2 Å². The van der Waals surface area contributed by atoms with Gasteiger partial charge in [0.1, 0.15) is 0 Å². The fourth-order valence-electron chi connectivity index (χ4n) is 1.21. The van der Waals surface area contributed by atoms with Gasteiger partial charge < -0.3 is 11.1 Å². The number of nitrogens with one attached hydrogen (secondary N) is 1. The molecule has 100 valence electrons. The Labute approximate surface area is 117 Å². The summed E-state index contributed by atoms with van der Waals surface area (Å²) in [5.74, 6) is 0.571. The molecule has 6 heteroatoms. The van der Waals surface area contributed by atoms with E-state index in [-0.39, 0.29) is 24.1 Å². The Hall–Kier alpha value is -1.04. The maximum atomic E-state index is 11.7. The van der Waals surface area contributed by atoms with Crippen LogP contribution in [-0.4, -0.2) is 36.3 Å². The Kier molecular flexibility index (Phi) is 9.36. The fraction of sp³-hybridized carbons (Fsp3) is 0.333. The molecule has 1 aromatic carbocycles. The van der Waals surface area contributed by atoms with Crippen molar-refractivity contribution < 1.29 is 9.59 Å². The minimum Gasteiger partial charge on any atom is -0.354 e. The van der Waals surface area contributed by atoms with Gasteiger partial charge >= 0.3 is 0 Å². The molecular formula is C12H17ClN2O2S. The molecule has 0 saturated heterocycles. The number of rotatable bonds is 7. The molecule has 1 aromatic rings. The highest BCUT2D eigenvalue weighted by molar-refractivity contribution is 8.00. The molecule has 0 bridgehead atoms. The molecule has 0 aromatic heterocycles. The van der Waals surface area contributed by atoms with Crippen LogP contribution < -0.4 is 11.1 Å². The van der Waals surface area contributed by atoms with Crippen molar-refractivity contribution in [1.29, 1.82) is 0 Å². The predicted octanol–water partition coefficient (Wildman–Crippen LogP) is 1.10. The second-order valence-corrected chi connectivity index (χ2v) is 4.41. The maximum absolute atomic E-state index is 11.7. The maximum Gasteiger partial charge on any atom is 0.230 e. The van der Waals surface area contributed by atoms with Gasteiger partial charge in [0.15, 0.2) is 5.78 Å². The smallest absolute Gasteiger partial charge is 0.230 e. The zero-order chi connectivity index (χ0) is 12.5. The van der Waals surface area contributed by atoms with Crippen LogP contribution in [0.2, 0.25) is 0 Å². The first-order chi connectivity index (χ1) is 8.24. The molecule has 0 radical (unpaired) electrons. The molecule has 0 spiro atoms. The summed E-state index contributed by atoms with van der Waals surface area (Å²) in [6.07, 6.45) is 0. The third-order valence-electron chi connectivity index (χ3n) is 2.03. The molecule has 18 heavy (non-hydrogen) atoms. The average molecular weight is 289 g/mol. The summed E-state index contributed by atoms with van der Waals surface area (Å²) < 4.78 is 0. The van der Waals surface area contributed by atoms with Crippen LogP contribution in [0, 0.1) is 0 Å². The van der Waals surface area contributed by atoms with E-state index in [2.05, 4.69) is 5.32 Å². The summed E-state index contributed by atoms with van der Waals surface area (Å²) in [6, 6.07) is 9.07. The molecule has 0 unspecified atom stereocenters. The van der Waals surface area contributed by atoms with Crippen molar-refractivity contribution in [1.82, 2.24) is 5.32 Å². The Morgan fingerprint density at radius 1 is 1.17 bits per heavy atom. The van der Waals surface area contributed by atoms with E-state index in [4.69, 9.17) is 5.73 Å². The first-order valence-electron chi connectivity index (χ1n) is 5.37. The average Bonchev–Trinajstić information content (AvgIpc) is 2.37. The molecule has 0 aliphatic heterocycles. The number of carbonyl (C=O) groups is 2. The van der Waals surface area contributed by atoms with Crippen molar-refractivity contribution in [2.75, 3.05) is 24.6 Å². The molecule has 0 aliphatic rings. The van der Waals surface area contributed by atoms with Crippen LogP contribution in [0.5, 0.6) is 0 Å². The number of benzene rings is 1. The van der Waals surface area contributed by atoms with Gasteiger partial charge in [-0.3, -0.25) is 9.59 Å². The van der Waals surface area contributed by atoms with Gasteiger partial charge in [0.25, 0.3) is 0 Å². The minimum atomic E-state index is -0.0821. The van der Waals surface area contributed by atoms with E-state index in [1.54, 1.807) is 12.1 Å². The number of hydrogen-bond donors (Lipinski definition) is 2. The van der Waals surface area contributed by atoms with Crippen molar-refractivity contribution in [3.05, 3.63) is 35.9 Å². The fourth-order valence-corrected chi connectivity index (χ4v) is 1.95. The molecule has 1 rings (SSSR count). The number of halogens is 1. The highest BCUT2D eigenvalue weighted by Crippen LogP contribution is 2.06. The lowest BCUT2D eigenvalue weighted by atomic mass is 10.2. The van der Waals surface area contributed by atoms with Crippen LogP contribution in [0.1, 0.15) is 10.4 Å². The van der Waals surface area contributed by atoms with E-state index < -0.39 is 0 Å². The normalized spacial score (nSPS) is 9.39. The van der Waals surface area contributed by atoms with Gasteiger partial charge in [-0.2, -0.15) is 0 Å². The summed E-state index contributed by atoms with van der Waals surface area (Å²) in [4.78, 5) is 22.9. The first kappa shape index (κ1) is 17.0. The largest absolute Gasteiger partial charge is 0.354 e. The van der Waals surface area contributed by atoms with Gasteiger partial charge in [-0.1, -0.05) is 30.3 Å². The van der Waals surface area contributed by atoms with Gasteiger partial charge in [0.2, 0.25) is 5.91 Å². The molecule has 0 aliphatic carbocycles. The SMILES string of the molecule is Cl.NCCNC(=O)CSCC(=O)c1ccccc1. The van der Waals surface area contributed by atoms with E-state index in [1.165, 1.54) is 11.8 Å². The Balaban J connectivity index is 0.00000289. The number of Topliss-reactive ketones (excluding diaryl/α,β-unsaturated/α-hetero) is 1. The first-order valence-corrected chi connectivity index (χ1v) is 6.52. The molecule has 4 nitrogen and oxygen atoms in total. The minimum absolute atomic E-state index is 0. The van der Waals surface area contributed by atoms with E-state index in [0.717, 1.165) is 0 Å². The number of nitrogens with two attached hydrogens (primary N) is 1. The van der Waals surface area contributed by atoms with Crippen LogP contribution in [-0.2, 0) is 4.79 Å². The van der Waals surface area contributed by atoms with Gasteiger partial charge in [0.05, 0.1) is 11.5 Å². The zero-order valence-corrected chi connectivity index (χ0v) is 11.6. The van der Waals surface area contributed by atoms with Crippen molar-refractivity contribution in [2.24, 2.45) is 5.73 Å². The van der Waals surface area contributed by atoms with Crippen molar-refractivity contribution in [2.45, 2.75) is 0 Å². The number of ketones is 1. The lowest BCUT2D eigenvalue weighted by Crippen LogP contribution is -2.30. The highest BCUT2D eigenvalue weighted by Gasteiger charge is 2.06. The van der Waals surface area contributed by atoms with Crippen molar-refractivity contribution in [3.63, 3.8) is 0 Å². The molecule has 3 N–H and O–H groups in total. The standard InChI is InChI=1S/C12H16N2O2S.ClH/c13-6-7-14-12(16)9-17-8-11(15)10-4-2-1-3-5-10;/h1-5H,6-9,13H2,(H,14,16);1H. The quantitative estimate of drug-likeness (QED) is 0.737. The van der Waals surface area contributed by atoms with E-state index in [9.17, 15) is 9.59 Å². The van der Waals surface area contributed by atoms with E-state index >= 15 is 0 Å². The second kappa shape index (κ2) is 9.94. The molecule has 0 atom stereocenters. The topological polar surface area (TPSA) is 72.2 Å². The third-order valence-corrected chi connectivity index (χ3v) is 2.96. The lowest BCUT2D eigenvalue weighted by Gasteiger charge is -2.03. The van der Waals surface area contributed by atoms with E-state index in [0.29, 0.717) is 30.2 Å². The van der Waals surface area contributed by atoms with Gasteiger partial charge in [-0.05, 0) is 0 Å². The molecular weight excluding hydrogens is 272 g/mol. The molecule has 0 fully saturated rings. The van der Waals surface area contributed by atoms with Crippen molar-refractivity contribution in [3.8, 4) is 0 Å². The van der Waals surface area contributed by atoms with Crippen LogP contribution in [0.4, 0.5) is 0 Å². The Bertz CT molecular complexity index is 374. The van der Waals surface area contributed by atoms with Crippen LogP contribution in [0.15, 0.2) is 30.3 Å². The Morgan fingerprint density at radius 2 is 1.83 bits per heavy atom. The Morgan fingerprint density at radius 3 is 2.44 bits per heavy atom. The summed E-state index contributed by atoms with van der Waals surface area (Å²) >= 11 is 1.31. The second-order valence-electron chi connectivity index (χ2n) is 3.42. The van der Waals surface area contributed by atoms with Crippen LogP contribution >= 0.6 is 24.2 Å². The predicted molar refractivity (Wildman–Crippen MR) is 77.4 cm³/mol. The highest BCUT2D eigenvalue weighted by atomic mass is 35.5. The zero-order valence-electron chi connectivity index (χ0n) is 9.93. The van der Waals surface area contributed by atoms with Crippen molar-refractivity contribution >= 4 is 35.9 Å². The number of carbonyl (C=O) groups excluding carboxylic acids is 2. The van der Waals surface area contributed by atoms with Crippen LogP contribution in [0.25, 0.3) is 0 Å². The molecule has 0 heterocycles. The number of thioether (sulfide) groups is 1. The van der Waals surface area contributed by atoms with Gasteiger partial charge in [0, 0.05) is 18.7 Å². The number of amides is 1. The number of hydrogen-bond acceptors (Lipinski definition) is 4. The summed E-state index contributed by atoms with van der Waals surface area (Å²) in [5, 5.41) is 2.65. The monoisotopic (exact) mass is 288 g/mol. The molecule has 1 amide bonds. The summed E-state index contributed by atoms with van der Waals surface area (Å²) in [5.41, 5.74) is 5.94.